The third kappa shape index (κ3) is 7.80. The molecule has 9 atom stereocenters. The standard InChI is InChI=1S/C45H47F2N8O7P/c1-7-33-40(36(47)44(59-33)55-25-53-38-27(3)49-23-51-42(38)55)62-63(6)58-21-34-39(35(46)43(60-34)54-24-52-37-26(2)48-22-50-41(37)54)61-45(28-11-9-8-10-12-28,29-13-17-31(56-4)18-14-29)30-15-19-32(57-5)20-16-30/h8-20,22-25,33-36,39-40,43-44H,7,21H2,1-6H3/t33-,34-,35+,36+,39?,40?,43-,44-,63?/m1/s1. The van der Waals surface area contributed by atoms with Gasteiger partial charge in [-0.15, -0.1) is 0 Å². The summed E-state index contributed by atoms with van der Waals surface area (Å²) in [4.78, 5) is 26.2. The first-order valence-electron chi connectivity index (χ1n) is 20.6. The summed E-state index contributed by atoms with van der Waals surface area (Å²) in [5.41, 5.74) is 3.98. The summed E-state index contributed by atoms with van der Waals surface area (Å²) in [6, 6.07) is 24.6. The van der Waals surface area contributed by atoms with Crippen LogP contribution in [0.3, 0.4) is 0 Å². The maximum atomic E-state index is 17.8. The molecule has 2 aliphatic rings. The maximum absolute atomic E-state index is 17.8. The predicted octanol–water partition coefficient (Wildman–Crippen LogP) is 7.90. The number of ether oxygens (including phenoxy) is 5. The third-order valence-electron chi connectivity index (χ3n) is 11.7. The lowest BCUT2D eigenvalue weighted by Gasteiger charge is -2.39. The Labute approximate surface area is 363 Å². The molecular formula is C45H47F2N8O7P. The van der Waals surface area contributed by atoms with Crippen molar-refractivity contribution < 1.29 is 41.5 Å². The average molecular weight is 881 g/mol. The Morgan fingerprint density at radius 2 is 1.14 bits per heavy atom. The fourth-order valence-electron chi connectivity index (χ4n) is 8.49. The Morgan fingerprint density at radius 1 is 0.651 bits per heavy atom. The number of benzene rings is 3. The highest BCUT2D eigenvalue weighted by Gasteiger charge is 2.53. The SMILES string of the molecule is CC[C@H]1O[C@@H](n2cnc3c(C)ncnc32)[C@@H](F)C1OP(C)OC[C@H]1O[C@@H](n2cnc3c(C)ncnc32)[C@@H](F)C1OC(c1ccccc1)(c1ccc(OC)cc1)c1ccc(OC)cc1. The number of fused-ring (bicyclic) bond motifs is 2. The van der Waals surface area contributed by atoms with Crippen LogP contribution in [-0.2, 0) is 28.9 Å². The second kappa shape index (κ2) is 17.9. The molecule has 9 rings (SSSR count). The molecule has 3 aromatic carbocycles. The van der Waals surface area contributed by atoms with Crippen LogP contribution in [-0.4, -0.2) is 103 Å². The summed E-state index contributed by atoms with van der Waals surface area (Å²) in [6.45, 7) is 7.08. The predicted molar refractivity (Wildman–Crippen MR) is 229 cm³/mol. The number of nitrogens with zero attached hydrogens (tertiary/aromatic N) is 8. The zero-order valence-electron chi connectivity index (χ0n) is 35.5. The Bertz CT molecular complexity index is 2610. The topological polar surface area (TPSA) is 152 Å². The van der Waals surface area contributed by atoms with Gasteiger partial charge < -0.3 is 32.7 Å². The minimum atomic E-state index is -1.78. The fraction of sp³-hybridized carbons (Fsp3) is 0.378. The molecule has 4 aromatic heterocycles. The molecule has 0 saturated carbocycles. The van der Waals surface area contributed by atoms with Crippen molar-refractivity contribution in [3.8, 4) is 11.5 Å². The molecule has 6 heterocycles. The van der Waals surface area contributed by atoms with Crippen molar-refractivity contribution in [3.63, 3.8) is 0 Å². The van der Waals surface area contributed by atoms with Gasteiger partial charge in [0, 0.05) is 6.66 Å². The van der Waals surface area contributed by atoms with Crippen molar-refractivity contribution >= 4 is 30.7 Å². The van der Waals surface area contributed by atoms with Gasteiger partial charge in [-0.3, -0.25) is 9.13 Å². The Balaban J connectivity index is 1.06. The van der Waals surface area contributed by atoms with Crippen LogP contribution in [0.5, 0.6) is 11.5 Å². The first-order chi connectivity index (χ1) is 30.6. The van der Waals surface area contributed by atoms with Gasteiger partial charge in [-0.1, -0.05) is 61.5 Å². The van der Waals surface area contributed by atoms with E-state index in [2.05, 4.69) is 29.9 Å². The summed E-state index contributed by atoms with van der Waals surface area (Å²) in [5, 5.41) is 0. The number of aryl methyl sites for hydroxylation is 2. The van der Waals surface area contributed by atoms with E-state index >= 15 is 8.78 Å². The van der Waals surface area contributed by atoms with Gasteiger partial charge in [-0.05, 0) is 61.2 Å². The summed E-state index contributed by atoms with van der Waals surface area (Å²) >= 11 is 0. The number of halogens is 2. The number of methoxy groups -OCH3 is 2. The lowest BCUT2D eigenvalue weighted by molar-refractivity contribution is -0.102. The van der Waals surface area contributed by atoms with E-state index in [0.717, 1.165) is 5.56 Å². The molecule has 0 spiro atoms. The van der Waals surface area contributed by atoms with Crippen LogP contribution in [0.2, 0.25) is 0 Å². The number of hydrogen-bond acceptors (Lipinski definition) is 13. The average Bonchev–Trinajstić information content (AvgIpc) is 4.09. The maximum Gasteiger partial charge on any atom is 0.174 e. The van der Waals surface area contributed by atoms with E-state index in [0.29, 0.717) is 62.8 Å². The van der Waals surface area contributed by atoms with Gasteiger partial charge in [0.05, 0.1) is 51.0 Å². The molecule has 0 N–H and O–H groups in total. The van der Waals surface area contributed by atoms with Crippen molar-refractivity contribution in [2.45, 2.75) is 82.0 Å². The lowest BCUT2D eigenvalue weighted by Crippen LogP contribution is -2.44. The van der Waals surface area contributed by atoms with Crippen LogP contribution in [0, 0.1) is 13.8 Å². The van der Waals surface area contributed by atoms with Crippen LogP contribution >= 0.6 is 8.38 Å². The zero-order chi connectivity index (χ0) is 43.8. The van der Waals surface area contributed by atoms with Gasteiger partial charge in [0.2, 0.25) is 0 Å². The normalized spacial score (nSPS) is 24.3. The smallest absolute Gasteiger partial charge is 0.174 e. The fourth-order valence-corrected chi connectivity index (χ4v) is 9.50. The first kappa shape index (κ1) is 42.7. The summed E-state index contributed by atoms with van der Waals surface area (Å²) < 4.78 is 81.5. The second-order valence-corrected chi connectivity index (χ2v) is 16.7. The molecule has 2 fully saturated rings. The summed E-state index contributed by atoms with van der Waals surface area (Å²) in [6.07, 6.45) is -3.20. The molecule has 15 nitrogen and oxygen atoms in total. The quantitative estimate of drug-likeness (QED) is 0.0726. The number of rotatable bonds is 15. The van der Waals surface area contributed by atoms with Crippen molar-refractivity contribution in [1.29, 1.82) is 0 Å². The van der Waals surface area contributed by atoms with Crippen LogP contribution in [0.1, 0.15) is 53.9 Å². The lowest BCUT2D eigenvalue weighted by atomic mass is 9.79. The summed E-state index contributed by atoms with van der Waals surface area (Å²) in [7, 11) is 1.41. The molecule has 18 heteroatoms. The van der Waals surface area contributed by atoms with Crippen molar-refractivity contribution in [2.75, 3.05) is 27.5 Å². The largest absolute Gasteiger partial charge is 0.497 e. The molecule has 63 heavy (non-hydrogen) atoms. The Kier molecular flexibility index (Phi) is 12.1. The minimum absolute atomic E-state index is 0.173. The van der Waals surface area contributed by atoms with Crippen LogP contribution in [0.15, 0.2) is 104 Å². The molecule has 0 bridgehead atoms. The van der Waals surface area contributed by atoms with Crippen LogP contribution in [0.25, 0.3) is 22.3 Å². The van der Waals surface area contributed by atoms with E-state index < -0.39 is 63.2 Å². The molecular weight excluding hydrogens is 834 g/mol. The van der Waals surface area contributed by atoms with Crippen LogP contribution in [0.4, 0.5) is 8.78 Å². The van der Waals surface area contributed by atoms with E-state index in [1.807, 2.05) is 99.6 Å². The van der Waals surface area contributed by atoms with Gasteiger partial charge in [0.1, 0.15) is 59.1 Å². The monoisotopic (exact) mass is 880 g/mol. The molecule has 328 valence electrons. The highest BCUT2D eigenvalue weighted by molar-refractivity contribution is 7.46. The van der Waals surface area contributed by atoms with E-state index in [9.17, 15) is 0 Å². The van der Waals surface area contributed by atoms with E-state index in [1.165, 1.54) is 25.3 Å². The van der Waals surface area contributed by atoms with Crippen LogP contribution < -0.4 is 9.47 Å². The molecule has 0 aliphatic carbocycles. The van der Waals surface area contributed by atoms with E-state index in [-0.39, 0.29) is 6.61 Å². The van der Waals surface area contributed by atoms with E-state index in [4.69, 9.17) is 32.7 Å². The molecule has 7 aromatic rings. The van der Waals surface area contributed by atoms with Crippen molar-refractivity contribution in [2.24, 2.45) is 0 Å². The Hall–Kier alpha value is -5.55. The minimum Gasteiger partial charge on any atom is -0.497 e. The molecule has 3 unspecified atom stereocenters. The summed E-state index contributed by atoms with van der Waals surface area (Å²) in [5.74, 6) is 1.27. The molecule has 2 aliphatic heterocycles. The number of imidazole rings is 2. The number of alkyl halides is 2. The highest BCUT2D eigenvalue weighted by atomic mass is 31.2. The number of hydrogen-bond donors (Lipinski definition) is 0. The Morgan fingerprint density at radius 3 is 1.65 bits per heavy atom. The molecule has 2 saturated heterocycles. The molecule has 0 amide bonds. The second-order valence-electron chi connectivity index (χ2n) is 15.4. The zero-order valence-corrected chi connectivity index (χ0v) is 36.4. The molecule has 0 radical (unpaired) electrons. The first-order valence-corrected chi connectivity index (χ1v) is 22.2. The van der Waals surface area contributed by atoms with Gasteiger partial charge in [0.25, 0.3) is 0 Å². The number of aromatic nitrogens is 8. The van der Waals surface area contributed by atoms with Gasteiger partial charge in [-0.2, -0.15) is 0 Å². The van der Waals surface area contributed by atoms with E-state index in [1.54, 1.807) is 30.0 Å². The van der Waals surface area contributed by atoms with Gasteiger partial charge >= 0.3 is 0 Å². The van der Waals surface area contributed by atoms with Gasteiger partial charge in [-0.25, -0.2) is 38.7 Å². The van der Waals surface area contributed by atoms with Gasteiger partial charge in [0.15, 0.2) is 44.5 Å². The van der Waals surface area contributed by atoms with Crippen molar-refractivity contribution in [3.05, 3.63) is 132 Å². The third-order valence-corrected chi connectivity index (χ3v) is 12.8. The van der Waals surface area contributed by atoms with Crippen molar-refractivity contribution in [1.82, 2.24) is 39.0 Å². The highest BCUT2D eigenvalue weighted by Crippen LogP contribution is 2.49.